The van der Waals surface area contributed by atoms with E-state index in [1.165, 1.54) is 17.1 Å². The number of hydrogen-bond donors (Lipinski definition) is 0. The van der Waals surface area contributed by atoms with Crippen LogP contribution in [0.4, 0.5) is 4.39 Å². The number of carbonyl (C=O) groups excluding carboxylic acids is 2. The number of aryl methyl sites for hydroxylation is 1. The summed E-state index contributed by atoms with van der Waals surface area (Å²) in [7, 11) is 1.93. The largest absolute Gasteiger partial charge is 0.379 e. The average Bonchev–Trinajstić information content (AvgIpc) is 3.48. The van der Waals surface area contributed by atoms with E-state index in [-0.39, 0.29) is 36.1 Å². The number of benzene rings is 1. The lowest BCUT2D eigenvalue weighted by Crippen LogP contribution is -2.47. The second-order valence-corrected chi connectivity index (χ2v) is 9.43. The van der Waals surface area contributed by atoms with E-state index < -0.39 is 0 Å². The first-order chi connectivity index (χ1) is 16.8. The van der Waals surface area contributed by atoms with Gasteiger partial charge in [-0.05, 0) is 29.8 Å². The zero-order valence-corrected chi connectivity index (χ0v) is 20.7. The van der Waals surface area contributed by atoms with Crippen LogP contribution in [0.2, 0.25) is 0 Å². The number of hydrazone groups is 1. The number of nitrogens with zero attached hydrogens (tertiary/aromatic N) is 5. The fraction of sp³-hybridized carbons (Fsp3) is 0.500. The number of aromatic nitrogens is 1. The third kappa shape index (κ3) is 5.97. The maximum absolute atomic E-state index is 13.6. The van der Waals surface area contributed by atoms with Gasteiger partial charge in [0, 0.05) is 51.8 Å². The molecule has 0 spiro atoms. The molecule has 1 aromatic carbocycles. The molecule has 9 heteroatoms. The number of rotatable bonds is 8. The molecule has 1 saturated heterocycles. The van der Waals surface area contributed by atoms with Crippen molar-refractivity contribution in [2.24, 2.45) is 18.1 Å². The smallest absolute Gasteiger partial charge is 0.262 e. The van der Waals surface area contributed by atoms with Gasteiger partial charge in [0.15, 0.2) is 0 Å². The van der Waals surface area contributed by atoms with Crippen LogP contribution in [-0.2, 0) is 21.4 Å². The summed E-state index contributed by atoms with van der Waals surface area (Å²) in [5.74, 6) is -0.860. The van der Waals surface area contributed by atoms with Gasteiger partial charge in [-0.2, -0.15) is 5.10 Å². The molecule has 8 nitrogen and oxygen atoms in total. The molecule has 2 amide bonds. The van der Waals surface area contributed by atoms with E-state index in [0.29, 0.717) is 32.7 Å². The molecule has 0 bridgehead atoms. The van der Waals surface area contributed by atoms with Crippen LogP contribution >= 0.6 is 0 Å². The highest BCUT2D eigenvalue weighted by molar-refractivity contribution is 6.02. The highest BCUT2D eigenvalue weighted by Crippen LogP contribution is 2.33. The Kier molecular flexibility index (Phi) is 7.97. The molecule has 0 N–H and O–H groups in total. The van der Waals surface area contributed by atoms with Crippen molar-refractivity contribution in [3.8, 4) is 0 Å². The van der Waals surface area contributed by atoms with Crippen LogP contribution in [0.1, 0.15) is 37.6 Å². The Morgan fingerprint density at radius 1 is 1.17 bits per heavy atom. The summed E-state index contributed by atoms with van der Waals surface area (Å²) in [5, 5.41) is 6.18. The summed E-state index contributed by atoms with van der Waals surface area (Å²) < 4.78 is 21.0. The quantitative estimate of drug-likeness (QED) is 0.579. The average molecular weight is 484 g/mol. The maximum Gasteiger partial charge on any atom is 0.262 e. The van der Waals surface area contributed by atoms with Crippen molar-refractivity contribution >= 4 is 17.5 Å². The molecule has 2 aromatic rings. The Labute approximate surface area is 205 Å². The number of amides is 2. The van der Waals surface area contributed by atoms with Crippen LogP contribution in [0.5, 0.6) is 0 Å². The van der Waals surface area contributed by atoms with Crippen LogP contribution in [0.3, 0.4) is 0 Å². The van der Waals surface area contributed by atoms with Crippen molar-refractivity contribution in [3.63, 3.8) is 0 Å². The molecule has 1 aromatic heterocycles. The predicted molar refractivity (Wildman–Crippen MR) is 131 cm³/mol. The van der Waals surface area contributed by atoms with Gasteiger partial charge in [-0.1, -0.05) is 26.0 Å². The third-order valence-electron chi connectivity index (χ3n) is 6.58. The molecule has 188 valence electrons. The molecular weight excluding hydrogens is 449 g/mol. The Balaban J connectivity index is 1.55. The number of hydrogen-bond acceptors (Lipinski definition) is 5. The second kappa shape index (κ2) is 11.1. The molecule has 35 heavy (non-hydrogen) atoms. The van der Waals surface area contributed by atoms with Gasteiger partial charge in [0.2, 0.25) is 5.91 Å². The standard InChI is InChI=1S/C26H34FN5O3/c1-19(2)26(34)31(12-11-30-13-15-35-16-14-30)18-25(33)32-24(20-6-8-21(27)9-7-20)17-22(28-32)23-5-4-10-29(23)3/h4-10,19,24H,11-18H2,1-3H3/t24-/m0/s1. The van der Waals surface area contributed by atoms with E-state index in [9.17, 15) is 14.0 Å². The van der Waals surface area contributed by atoms with Crippen LogP contribution in [0, 0.1) is 11.7 Å². The van der Waals surface area contributed by atoms with Crippen molar-refractivity contribution in [1.82, 2.24) is 19.4 Å². The number of carbonyl (C=O) groups is 2. The van der Waals surface area contributed by atoms with Gasteiger partial charge < -0.3 is 14.2 Å². The minimum absolute atomic E-state index is 0.0526. The van der Waals surface area contributed by atoms with Crippen LogP contribution in [0.15, 0.2) is 47.7 Å². The Morgan fingerprint density at radius 2 is 1.89 bits per heavy atom. The second-order valence-electron chi connectivity index (χ2n) is 9.43. The van der Waals surface area contributed by atoms with Crippen LogP contribution in [-0.4, -0.2) is 82.8 Å². The Bertz CT molecular complexity index is 1060. The molecule has 3 heterocycles. The molecule has 4 rings (SSSR count). The molecule has 2 aliphatic heterocycles. The van der Waals surface area contributed by atoms with E-state index in [0.717, 1.165) is 30.1 Å². The van der Waals surface area contributed by atoms with Gasteiger partial charge in [0.05, 0.1) is 30.7 Å². The molecule has 0 saturated carbocycles. The number of halogens is 1. The van der Waals surface area contributed by atoms with Crippen LogP contribution in [0.25, 0.3) is 0 Å². The van der Waals surface area contributed by atoms with Crippen molar-refractivity contribution < 1.29 is 18.7 Å². The highest BCUT2D eigenvalue weighted by Gasteiger charge is 2.35. The maximum atomic E-state index is 13.6. The van der Waals surface area contributed by atoms with Gasteiger partial charge in [-0.25, -0.2) is 9.40 Å². The van der Waals surface area contributed by atoms with Gasteiger partial charge >= 0.3 is 0 Å². The fourth-order valence-electron chi connectivity index (χ4n) is 4.56. The SMILES string of the molecule is CC(C)C(=O)N(CCN1CCOCC1)CC(=O)N1N=C(c2cccn2C)C[C@H]1c1ccc(F)cc1. The molecule has 2 aliphatic rings. The van der Waals surface area contributed by atoms with Gasteiger partial charge in [-0.15, -0.1) is 0 Å². The lowest BCUT2D eigenvalue weighted by atomic mass is 10.0. The lowest BCUT2D eigenvalue weighted by molar-refractivity contribution is -0.143. The van der Waals surface area contributed by atoms with E-state index in [1.54, 1.807) is 17.0 Å². The summed E-state index contributed by atoms with van der Waals surface area (Å²) in [6.45, 7) is 7.79. The Morgan fingerprint density at radius 3 is 2.51 bits per heavy atom. The van der Waals surface area contributed by atoms with Gasteiger partial charge in [-0.3, -0.25) is 14.5 Å². The van der Waals surface area contributed by atoms with Crippen molar-refractivity contribution in [2.45, 2.75) is 26.3 Å². The van der Waals surface area contributed by atoms with E-state index in [1.807, 2.05) is 43.8 Å². The first-order valence-electron chi connectivity index (χ1n) is 12.2. The lowest BCUT2D eigenvalue weighted by Gasteiger charge is -2.31. The highest BCUT2D eigenvalue weighted by atomic mass is 19.1. The molecule has 1 fully saturated rings. The molecule has 1 atom stereocenters. The van der Waals surface area contributed by atoms with E-state index >= 15 is 0 Å². The third-order valence-corrected chi connectivity index (χ3v) is 6.58. The van der Waals surface area contributed by atoms with Gasteiger partial charge in [0.1, 0.15) is 12.4 Å². The summed E-state index contributed by atoms with van der Waals surface area (Å²) >= 11 is 0. The van der Waals surface area contributed by atoms with Crippen molar-refractivity contribution in [3.05, 3.63) is 59.7 Å². The Hall–Kier alpha value is -3.04. The topological polar surface area (TPSA) is 70.4 Å². The minimum Gasteiger partial charge on any atom is -0.379 e. The summed E-state index contributed by atoms with van der Waals surface area (Å²) in [4.78, 5) is 30.5. The minimum atomic E-state index is -0.358. The number of ether oxygens (including phenoxy) is 1. The monoisotopic (exact) mass is 483 g/mol. The van der Waals surface area contributed by atoms with Crippen molar-refractivity contribution in [2.75, 3.05) is 45.9 Å². The van der Waals surface area contributed by atoms with E-state index in [2.05, 4.69) is 4.90 Å². The zero-order valence-electron chi connectivity index (χ0n) is 20.7. The zero-order chi connectivity index (χ0) is 24.9. The number of morpholine rings is 1. The normalized spacial score (nSPS) is 18.7. The summed E-state index contributed by atoms with van der Waals surface area (Å²) in [6, 6.07) is 9.72. The first kappa shape index (κ1) is 25.1. The predicted octanol–water partition coefficient (Wildman–Crippen LogP) is 2.66. The first-order valence-corrected chi connectivity index (χ1v) is 12.2. The molecule has 0 unspecified atom stereocenters. The molecule has 0 aliphatic carbocycles. The summed E-state index contributed by atoms with van der Waals surface area (Å²) in [6.07, 6.45) is 2.45. The molecular formula is C26H34FN5O3. The van der Waals surface area contributed by atoms with Gasteiger partial charge in [0.25, 0.3) is 5.91 Å². The fourth-order valence-corrected chi connectivity index (χ4v) is 4.56. The van der Waals surface area contributed by atoms with Crippen molar-refractivity contribution in [1.29, 1.82) is 0 Å². The van der Waals surface area contributed by atoms with Crippen LogP contribution < -0.4 is 0 Å². The van der Waals surface area contributed by atoms with E-state index in [4.69, 9.17) is 9.84 Å². The molecule has 0 radical (unpaired) electrons. The summed E-state index contributed by atoms with van der Waals surface area (Å²) in [5.41, 5.74) is 2.52.